The summed E-state index contributed by atoms with van der Waals surface area (Å²) >= 11 is 0. The molecule has 0 aromatic heterocycles. The highest BCUT2D eigenvalue weighted by Crippen LogP contribution is 2.27. The van der Waals surface area contributed by atoms with E-state index in [1.54, 1.807) is 6.07 Å². The highest BCUT2D eigenvalue weighted by molar-refractivity contribution is 7.90. The van der Waals surface area contributed by atoms with E-state index >= 15 is 0 Å². The smallest absolute Gasteiger partial charge is 0.175 e. The van der Waals surface area contributed by atoms with Gasteiger partial charge in [-0.05, 0) is 30.5 Å². The molecule has 0 radical (unpaired) electrons. The second-order valence-corrected chi connectivity index (χ2v) is 7.19. The largest absolute Gasteiger partial charge is 0.494 e. The lowest BCUT2D eigenvalue weighted by molar-refractivity contribution is 0.0932. The molecule has 6 heteroatoms. The van der Waals surface area contributed by atoms with Crippen LogP contribution in [0, 0.1) is 5.92 Å². The molecule has 1 aromatic carbocycles. The van der Waals surface area contributed by atoms with Gasteiger partial charge in [0, 0.05) is 11.8 Å². The monoisotopic (exact) mass is 302 g/mol. The summed E-state index contributed by atoms with van der Waals surface area (Å²) in [4.78, 5) is 0.00950. The van der Waals surface area contributed by atoms with Gasteiger partial charge in [0.25, 0.3) is 0 Å². The van der Waals surface area contributed by atoms with Crippen LogP contribution in [0.25, 0.3) is 0 Å². The number of sulfone groups is 1. The van der Waals surface area contributed by atoms with Crippen molar-refractivity contribution in [2.75, 3.05) is 19.5 Å². The Kier molecular flexibility index (Phi) is 5.98. The van der Waals surface area contributed by atoms with Gasteiger partial charge in [-0.1, -0.05) is 13.8 Å². The van der Waals surface area contributed by atoms with E-state index in [-0.39, 0.29) is 10.5 Å². The molecule has 20 heavy (non-hydrogen) atoms. The van der Waals surface area contributed by atoms with Gasteiger partial charge >= 0.3 is 0 Å². The highest BCUT2D eigenvalue weighted by Gasteiger charge is 2.19. The van der Waals surface area contributed by atoms with Crippen LogP contribution in [-0.4, -0.2) is 38.1 Å². The van der Waals surface area contributed by atoms with Gasteiger partial charge in [-0.2, -0.15) is 0 Å². The summed E-state index contributed by atoms with van der Waals surface area (Å²) in [7, 11) is -3.47. The van der Waals surface area contributed by atoms with E-state index in [0.717, 1.165) is 12.7 Å². The fourth-order valence-corrected chi connectivity index (χ4v) is 2.66. The van der Waals surface area contributed by atoms with Crippen molar-refractivity contribution in [2.24, 2.45) is 5.92 Å². The molecule has 0 saturated carbocycles. The summed E-state index contributed by atoms with van der Waals surface area (Å²) in [5, 5.41) is 18.8. The summed E-state index contributed by atoms with van der Waals surface area (Å²) in [5.41, 5.74) is 0.164. The first-order chi connectivity index (χ1) is 9.25. The minimum atomic E-state index is -3.47. The van der Waals surface area contributed by atoms with E-state index in [4.69, 9.17) is 9.84 Å². The number of ether oxygens (including phenoxy) is 1. The predicted molar refractivity (Wildman–Crippen MR) is 76.5 cm³/mol. The Labute approximate surface area is 120 Å². The third kappa shape index (κ3) is 4.77. The quantitative estimate of drug-likeness (QED) is 0.798. The molecule has 0 aliphatic carbocycles. The minimum absolute atomic E-state index is 0.00950. The van der Waals surface area contributed by atoms with E-state index in [0.29, 0.717) is 18.3 Å². The number of benzene rings is 1. The molecular formula is C14H22O5S. The Morgan fingerprint density at radius 1 is 1.30 bits per heavy atom. The Morgan fingerprint density at radius 2 is 1.95 bits per heavy atom. The molecular weight excluding hydrogens is 280 g/mol. The van der Waals surface area contributed by atoms with Crippen LogP contribution in [0.4, 0.5) is 0 Å². The van der Waals surface area contributed by atoms with Gasteiger partial charge in [0.05, 0.1) is 18.1 Å². The lowest BCUT2D eigenvalue weighted by atomic mass is 10.1. The average Bonchev–Trinajstić information content (AvgIpc) is 2.36. The Hall–Kier alpha value is -1.11. The fourth-order valence-electron chi connectivity index (χ4n) is 1.73. The normalized spacial score (nSPS) is 13.5. The summed E-state index contributed by atoms with van der Waals surface area (Å²) in [5.74, 6) is 0.994. The number of aliphatic hydroxyl groups excluding tert-OH is 2. The maximum atomic E-state index is 11.7. The van der Waals surface area contributed by atoms with Crippen molar-refractivity contribution in [3.05, 3.63) is 23.8 Å². The van der Waals surface area contributed by atoms with Crippen LogP contribution < -0.4 is 4.74 Å². The number of aliphatic hydroxyl groups is 2. The molecule has 0 aliphatic heterocycles. The first-order valence-corrected chi connectivity index (χ1v) is 8.40. The zero-order chi connectivity index (χ0) is 15.3. The van der Waals surface area contributed by atoms with Crippen LogP contribution in [0.5, 0.6) is 5.75 Å². The van der Waals surface area contributed by atoms with Gasteiger partial charge in [0.15, 0.2) is 9.84 Å². The van der Waals surface area contributed by atoms with Crippen molar-refractivity contribution in [1.29, 1.82) is 0 Å². The molecule has 0 amide bonds. The van der Waals surface area contributed by atoms with Gasteiger partial charge in [-0.3, -0.25) is 0 Å². The third-order valence-electron chi connectivity index (χ3n) is 2.88. The first kappa shape index (κ1) is 16.9. The van der Waals surface area contributed by atoms with Crippen LogP contribution in [0.3, 0.4) is 0 Å². The Balaban J connectivity index is 3.02. The molecule has 0 heterocycles. The highest BCUT2D eigenvalue weighted by atomic mass is 32.2. The van der Waals surface area contributed by atoms with Crippen molar-refractivity contribution in [3.8, 4) is 5.75 Å². The Morgan fingerprint density at radius 3 is 2.45 bits per heavy atom. The second kappa shape index (κ2) is 7.06. The summed E-state index contributed by atoms with van der Waals surface area (Å²) in [6, 6.07) is 4.43. The molecule has 0 fully saturated rings. The molecule has 0 saturated heterocycles. The van der Waals surface area contributed by atoms with Crippen molar-refractivity contribution in [3.63, 3.8) is 0 Å². The van der Waals surface area contributed by atoms with Gasteiger partial charge in [0.1, 0.15) is 11.9 Å². The molecule has 1 rings (SSSR count). The average molecular weight is 302 g/mol. The van der Waals surface area contributed by atoms with Crippen LogP contribution >= 0.6 is 0 Å². The van der Waals surface area contributed by atoms with E-state index in [2.05, 4.69) is 13.8 Å². The van der Waals surface area contributed by atoms with Crippen molar-refractivity contribution < 1.29 is 23.4 Å². The molecule has 1 unspecified atom stereocenters. The number of rotatable bonds is 7. The second-order valence-electron chi connectivity index (χ2n) is 5.20. The van der Waals surface area contributed by atoms with E-state index in [1.165, 1.54) is 12.1 Å². The topological polar surface area (TPSA) is 83.8 Å². The summed E-state index contributed by atoms with van der Waals surface area (Å²) in [6.45, 7) is 4.14. The van der Waals surface area contributed by atoms with Crippen molar-refractivity contribution in [1.82, 2.24) is 0 Å². The molecule has 114 valence electrons. The van der Waals surface area contributed by atoms with E-state index < -0.39 is 22.5 Å². The fraction of sp³-hybridized carbons (Fsp3) is 0.571. The molecule has 2 N–H and O–H groups in total. The predicted octanol–water partition coefficient (Wildman–Crippen LogP) is 1.54. The van der Waals surface area contributed by atoms with Gasteiger partial charge in [-0.25, -0.2) is 8.42 Å². The SMILES string of the molecule is CC(C)CCOc1ccc(S(C)(=O)=O)c(C(O)CO)c1. The lowest BCUT2D eigenvalue weighted by Gasteiger charge is -2.15. The lowest BCUT2D eigenvalue weighted by Crippen LogP contribution is -2.10. The Bertz CT molecular complexity index is 536. The van der Waals surface area contributed by atoms with Crippen molar-refractivity contribution >= 4 is 9.84 Å². The molecule has 0 aliphatic rings. The zero-order valence-electron chi connectivity index (χ0n) is 12.0. The molecule has 5 nitrogen and oxygen atoms in total. The molecule has 1 atom stereocenters. The van der Waals surface area contributed by atoms with Crippen LogP contribution in [0.1, 0.15) is 31.9 Å². The molecule has 1 aromatic rings. The van der Waals surface area contributed by atoms with E-state index in [1.807, 2.05) is 0 Å². The maximum Gasteiger partial charge on any atom is 0.175 e. The molecule has 0 spiro atoms. The maximum absolute atomic E-state index is 11.7. The van der Waals surface area contributed by atoms with Gasteiger partial charge in [-0.15, -0.1) is 0 Å². The van der Waals surface area contributed by atoms with Crippen molar-refractivity contribution in [2.45, 2.75) is 31.3 Å². The molecule has 0 bridgehead atoms. The van der Waals surface area contributed by atoms with Gasteiger partial charge in [0.2, 0.25) is 0 Å². The number of hydrogen-bond donors (Lipinski definition) is 2. The third-order valence-corrected chi connectivity index (χ3v) is 4.05. The van der Waals surface area contributed by atoms with Crippen LogP contribution in [0.2, 0.25) is 0 Å². The minimum Gasteiger partial charge on any atom is -0.494 e. The van der Waals surface area contributed by atoms with Crippen LogP contribution in [0.15, 0.2) is 23.1 Å². The van der Waals surface area contributed by atoms with E-state index in [9.17, 15) is 13.5 Å². The van der Waals surface area contributed by atoms with Gasteiger partial charge < -0.3 is 14.9 Å². The standard InChI is InChI=1S/C14H22O5S/c1-10(2)6-7-19-11-4-5-14(20(3,17)18)12(8-11)13(16)9-15/h4-5,8,10,13,15-16H,6-7,9H2,1-3H3. The summed E-state index contributed by atoms with van der Waals surface area (Å²) < 4.78 is 28.8. The summed E-state index contributed by atoms with van der Waals surface area (Å²) in [6.07, 6.45) is 0.703. The number of hydrogen-bond acceptors (Lipinski definition) is 5. The van der Waals surface area contributed by atoms with Crippen LogP contribution in [-0.2, 0) is 9.84 Å². The first-order valence-electron chi connectivity index (χ1n) is 6.51. The zero-order valence-corrected chi connectivity index (χ0v) is 12.9.